The number of rotatable bonds is 2. The molecule has 1 fully saturated rings. The minimum Gasteiger partial charge on any atom is -0.312 e. The Labute approximate surface area is 67.3 Å². The largest absolute Gasteiger partial charge is 0.312 e. The van der Waals surface area contributed by atoms with Crippen molar-refractivity contribution in [1.82, 2.24) is 10.4 Å². The van der Waals surface area contributed by atoms with Crippen LogP contribution in [0.4, 0.5) is 0 Å². The molecule has 0 spiro atoms. The molecule has 1 heterocycles. The van der Waals surface area contributed by atoms with Crippen LogP contribution in [-0.4, -0.2) is 29.5 Å². The predicted octanol–water partition coefficient (Wildman–Crippen LogP) is 0.410. The Hall–Kier alpha value is -0.560. The topological polar surface area (TPSA) is 35.5 Å². The predicted molar refractivity (Wildman–Crippen MR) is 43.0 cm³/mol. The smallest absolute Gasteiger partial charge is 0.0848 e. The fourth-order valence-electron chi connectivity index (χ4n) is 1.30. The summed E-state index contributed by atoms with van der Waals surface area (Å²) in [5, 5.41) is 13.7. The van der Waals surface area contributed by atoms with Crippen molar-refractivity contribution in [2.75, 3.05) is 13.1 Å². The molecule has 1 unspecified atom stereocenters. The van der Waals surface area contributed by atoms with Crippen LogP contribution in [-0.2, 0) is 0 Å². The maximum Gasteiger partial charge on any atom is 0.0848 e. The van der Waals surface area contributed by atoms with Gasteiger partial charge < -0.3 is 5.21 Å². The van der Waals surface area contributed by atoms with E-state index in [4.69, 9.17) is 6.42 Å². The van der Waals surface area contributed by atoms with Crippen LogP contribution in [0.5, 0.6) is 0 Å². The molecular weight excluding hydrogens is 140 g/mol. The van der Waals surface area contributed by atoms with E-state index in [1.54, 1.807) is 0 Å². The summed E-state index contributed by atoms with van der Waals surface area (Å²) < 4.78 is 0. The summed E-state index contributed by atoms with van der Waals surface area (Å²) in [4.78, 5) is 0. The van der Waals surface area contributed by atoms with Crippen molar-refractivity contribution < 1.29 is 5.21 Å². The van der Waals surface area contributed by atoms with Gasteiger partial charge in [0.05, 0.1) is 12.7 Å². The molecule has 3 nitrogen and oxygen atoms in total. The molecule has 0 aromatic rings. The summed E-state index contributed by atoms with van der Waals surface area (Å²) >= 11 is 0. The van der Waals surface area contributed by atoms with Gasteiger partial charge in [0.1, 0.15) is 0 Å². The first-order valence-corrected chi connectivity index (χ1v) is 3.97. The Morgan fingerprint density at radius 1 is 1.64 bits per heavy atom. The molecule has 1 aliphatic rings. The number of hydroxylamine groups is 2. The molecule has 0 aromatic carbocycles. The van der Waals surface area contributed by atoms with Crippen LogP contribution in [0.1, 0.15) is 19.3 Å². The van der Waals surface area contributed by atoms with E-state index in [0.717, 1.165) is 19.4 Å². The molecule has 0 aromatic heterocycles. The van der Waals surface area contributed by atoms with Gasteiger partial charge in [-0.25, -0.2) is 0 Å². The second-order valence-electron chi connectivity index (χ2n) is 2.76. The van der Waals surface area contributed by atoms with Gasteiger partial charge in [0.2, 0.25) is 0 Å². The molecule has 0 bridgehead atoms. The first-order valence-electron chi connectivity index (χ1n) is 3.97. The molecule has 11 heavy (non-hydrogen) atoms. The van der Waals surface area contributed by atoms with Gasteiger partial charge >= 0.3 is 0 Å². The maximum absolute atomic E-state index is 9.30. The second kappa shape index (κ2) is 4.35. The lowest BCUT2D eigenvalue weighted by Gasteiger charge is -2.30. The van der Waals surface area contributed by atoms with Crippen molar-refractivity contribution in [2.45, 2.75) is 25.4 Å². The third-order valence-electron chi connectivity index (χ3n) is 1.91. The molecule has 1 atom stereocenters. The van der Waals surface area contributed by atoms with Gasteiger partial charge in [-0.15, -0.1) is 6.42 Å². The van der Waals surface area contributed by atoms with Gasteiger partial charge in [-0.05, 0) is 19.3 Å². The second-order valence-corrected chi connectivity index (χ2v) is 2.76. The third-order valence-corrected chi connectivity index (χ3v) is 1.91. The van der Waals surface area contributed by atoms with Crippen molar-refractivity contribution in [2.24, 2.45) is 0 Å². The van der Waals surface area contributed by atoms with Gasteiger partial charge in [-0.2, -0.15) is 5.06 Å². The number of nitrogens with zero attached hydrogens (tertiary/aromatic N) is 1. The lowest BCUT2D eigenvalue weighted by atomic mass is 10.1. The molecular formula is C8H14N2O. The Kier molecular flexibility index (Phi) is 3.37. The van der Waals surface area contributed by atoms with E-state index in [2.05, 4.69) is 11.2 Å². The van der Waals surface area contributed by atoms with Crippen LogP contribution < -0.4 is 5.32 Å². The van der Waals surface area contributed by atoms with Crippen LogP contribution in [0, 0.1) is 12.3 Å². The van der Waals surface area contributed by atoms with E-state index in [1.165, 1.54) is 11.5 Å². The average Bonchev–Trinajstić information content (AvgIpc) is 2.03. The monoisotopic (exact) mass is 154 g/mol. The zero-order valence-corrected chi connectivity index (χ0v) is 6.58. The van der Waals surface area contributed by atoms with Crippen molar-refractivity contribution >= 4 is 0 Å². The minimum atomic E-state index is 0.0693. The number of hydrogen-bond donors (Lipinski definition) is 2. The van der Waals surface area contributed by atoms with Crippen LogP contribution in [0.15, 0.2) is 0 Å². The van der Waals surface area contributed by atoms with Crippen molar-refractivity contribution in [3.05, 3.63) is 0 Å². The molecule has 0 radical (unpaired) electrons. The van der Waals surface area contributed by atoms with Crippen molar-refractivity contribution in [1.29, 1.82) is 0 Å². The molecule has 0 aliphatic carbocycles. The average molecular weight is 154 g/mol. The van der Waals surface area contributed by atoms with Gasteiger partial charge in [0, 0.05) is 6.54 Å². The number of nitrogens with one attached hydrogen (secondary N) is 1. The van der Waals surface area contributed by atoms with E-state index in [-0.39, 0.29) is 6.17 Å². The zero-order valence-electron chi connectivity index (χ0n) is 6.58. The SMILES string of the molecule is C#CCNC1CCCCN1O. The molecule has 0 amide bonds. The number of terminal acetylenes is 1. The van der Waals surface area contributed by atoms with Gasteiger partial charge in [0.25, 0.3) is 0 Å². The third kappa shape index (κ3) is 2.51. The molecule has 2 N–H and O–H groups in total. The quantitative estimate of drug-likeness (QED) is 0.565. The first-order chi connectivity index (χ1) is 5.34. The fraction of sp³-hybridized carbons (Fsp3) is 0.750. The molecule has 3 heteroatoms. The molecule has 1 rings (SSSR count). The van der Waals surface area contributed by atoms with Crippen LogP contribution in [0.25, 0.3) is 0 Å². The summed E-state index contributed by atoms with van der Waals surface area (Å²) in [5.74, 6) is 2.49. The summed E-state index contributed by atoms with van der Waals surface area (Å²) in [6.45, 7) is 1.28. The van der Waals surface area contributed by atoms with Crippen molar-refractivity contribution in [3.8, 4) is 12.3 Å². The first kappa shape index (κ1) is 8.54. The van der Waals surface area contributed by atoms with Crippen LogP contribution in [0.3, 0.4) is 0 Å². The van der Waals surface area contributed by atoms with Gasteiger partial charge in [-0.1, -0.05) is 5.92 Å². The van der Waals surface area contributed by atoms with Gasteiger partial charge in [0.15, 0.2) is 0 Å². The standard InChI is InChI=1S/C8H14N2O/c1-2-6-9-8-5-3-4-7-10(8)11/h1,8-9,11H,3-7H2. The highest BCUT2D eigenvalue weighted by Gasteiger charge is 2.18. The van der Waals surface area contributed by atoms with Crippen molar-refractivity contribution in [3.63, 3.8) is 0 Å². The highest BCUT2D eigenvalue weighted by atomic mass is 16.5. The molecule has 1 saturated heterocycles. The number of piperidine rings is 1. The van der Waals surface area contributed by atoms with E-state index < -0.39 is 0 Å². The summed E-state index contributed by atoms with van der Waals surface area (Å²) in [6, 6.07) is 0. The normalized spacial score (nSPS) is 26.4. The Morgan fingerprint density at radius 3 is 3.09 bits per heavy atom. The lowest BCUT2D eigenvalue weighted by molar-refractivity contribution is -0.149. The van der Waals surface area contributed by atoms with Crippen LogP contribution in [0.2, 0.25) is 0 Å². The van der Waals surface area contributed by atoms with E-state index in [1.807, 2.05) is 0 Å². The highest BCUT2D eigenvalue weighted by molar-refractivity contribution is 4.88. The Morgan fingerprint density at radius 2 is 2.45 bits per heavy atom. The maximum atomic E-state index is 9.30. The lowest BCUT2D eigenvalue weighted by Crippen LogP contribution is -2.46. The highest BCUT2D eigenvalue weighted by Crippen LogP contribution is 2.11. The molecule has 0 saturated carbocycles. The summed E-state index contributed by atoms with van der Waals surface area (Å²) in [5.41, 5.74) is 0. The summed E-state index contributed by atoms with van der Waals surface area (Å²) in [6.07, 6.45) is 8.37. The Bertz CT molecular complexity index is 153. The Balaban J connectivity index is 2.25. The molecule has 62 valence electrons. The fourth-order valence-corrected chi connectivity index (χ4v) is 1.30. The van der Waals surface area contributed by atoms with E-state index in [9.17, 15) is 5.21 Å². The van der Waals surface area contributed by atoms with E-state index >= 15 is 0 Å². The molecule has 1 aliphatic heterocycles. The van der Waals surface area contributed by atoms with Gasteiger partial charge in [-0.3, -0.25) is 5.32 Å². The number of hydrogen-bond acceptors (Lipinski definition) is 3. The summed E-state index contributed by atoms with van der Waals surface area (Å²) in [7, 11) is 0. The minimum absolute atomic E-state index is 0.0693. The van der Waals surface area contributed by atoms with E-state index in [0.29, 0.717) is 6.54 Å². The van der Waals surface area contributed by atoms with Crippen LogP contribution >= 0.6 is 0 Å². The zero-order chi connectivity index (χ0) is 8.10.